The lowest BCUT2D eigenvalue weighted by molar-refractivity contribution is -0.335. The van der Waals surface area contributed by atoms with Crippen LogP contribution in [0.25, 0.3) is 6.08 Å². The first kappa shape index (κ1) is 18.4. The van der Waals surface area contributed by atoms with Gasteiger partial charge in [-0.05, 0) is 30.9 Å². The Hall–Kier alpha value is -1.65. The first-order valence-electron chi connectivity index (χ1n) is 7.70. The van der Waals surface area contributed by atoms with Crippen LogP contribution in [0.2, 0.25) is 0 Å². The van der Waals surface area contributed by atoms with Crippen LogP contribution in [0, 0.1) is 19.3 Å². The zero-order valence-corrected chi connectivity index (χ0v) is 14.6. The van der Waals surface area contributed by atoms with E-state index in [0.717, 1.165) is 27.0 Å². The zero-order valence-electron chi connectivity index (χ0n) is 14.6. The van der Waals surface area contributed by atoms with Gasteiger partial charge < -0.3 is 4.98 Å². The van der Waals surface area contributed by atoms with Crippen molar-refractivity contribution in [3.8, 4) is 0 Å². The highest BCUT2D eigenvalue weighted by atomic mass is 19.2. The Morgan fingerprint density at radius 2 is 1.77 bits per heavy atom. The monoisotopic (exact) mass is 307 g/mol. The Labute approximate surface area is 132 Å². The Balaban J connectivity index is 0.00000116. The summed E-state index contributed by atoms with van der Waals surface area (Å²) in [4.78, 5) is 3.19. The Bertz CT molecular complexity index is 617. The number of nitrogens with zero attached hydrogens (tertiary/aromatic N) is 1. The number of rotatable bonds is 2. The SMILES string of the molecule is CC.Cc1cc(C)c(/C=C2/C=C(C(C)(C)C)C=[N+]2B(F)F)[nH]1. The van der Waals surface area contributed by atoms with Gasteiger partial charge in [-0.25, -0.2) is 13.1 Å². The van der Waals surface area contributed by atoms with Crippen LogP contribution < -0.4 is 0 Å². The summed E-state index contributed by atoms with van der Waals surface area (Å²) in [5.41, 5.74) is 4.24. The van der Waals surface area contributed by atoms with E-state index in [4.69, 9.17) is 0 Å². The number of hydrogen-bond donors (Lipinski definition) is 1. The summed E-state index contributed by atoms with van der Waals surface area (Å²) in [5.74, 6) is 0. The molecule has 0 aromatic carbocycles. The number of aromatic nitrogens is 1. The molecule has 0 saturated heterocycles. The topological polar surface area (TPSA) is 18.8 Å². The molecule has 0 aliphatic carbocycles. The van der Waals surface area contributed by atoms with Gasteiger partial charge in [0.05, 0.1) is 0 Å². The summed E-state index contributed by atoms with van der Waals surface area (Å²) in [6, 6.07) is 2.01. The third-order valence-corrected chi connectivity index (χ3v) is 3.44. The van der Waals surface area contributed by atoms with Crippen molar-refractivity contribution in [3.05, 3.63) is 40.4 Å². The number of hydrogen-bond acceptors (Lipinski definition) is 0. The molecule has 0 bridgehead atoms. The van der Waals surface area contributed by atoms with E-state index in [1.807, 2.05) is 60.6 Å². The number of H-pyrrole nitrogens is 1. The molecule has 2 nitrogen and oxygen atoms in total. The largest absolute Gasteiger partial charge is 0.934 e. The fourth-order valence-corrected chi connectivity index (χ4v) is 2.24. The van der Waals surface area contributed by atoms with Crippen molar-refractivity contribution in [1.82, 2.24) is 4.98 Å². The molecule has 5 heteroatoms. The van der Waals surface area contributed by atoms with E-state index in [-0.39, 0.29) is 5.41 Å². The van der Waals surface area contributed by atoms with Crippen molar-refractivity contribution in [1.29, 1.82) is 0 Å². The minimum absolute atomic E-state index is 0.149. The number of nitrogens with one attached hydrogen (secondary N) is 1. The zero-order chi connectivity index (χ0) is 17.1. The number of aryl methyl sites for hydroxylation is 2. The van der Waals surface area contributed by atoms with E-state index in [1.165, 1.54) is 0 Å². The minimum atomic E-state index is -2.53. The molecular weight excluding hydrogens is 281 g/mol. The van der Waals surface area contributed by atoms with Gasteiger partial charge in [-0.15, -0.1) is 0 Å². The van der Waals surface area contributed by atoms with Crippen molar-refractivity contribution >= 4 is 19.7 Å². The molecule has 0 saturated carbocycles. The number of allylic oxidation sites excluding steroid dienone is 2. The lowest BCUT2D eigenvalue weighted by Crippen LogP contribution is -2.21. The van der Waals surface area contributed by atoms with E-state index >= 15 is 0 Å². The van der Waals surface area contributed by atoms with E-state index < -0.39 is 7.40 Å². The maximum Gasteiger partial charge on any atom is 0.934 e. The van der Waals surface area contributed by atoms with Crippen LogP contribution in [0.15, 0.2) is 23.4 Å². The summed E-state index contributed by atoms with van der Waals surface area (Å²) in [5, 5.41) is 0. The minimum Gasteiger partial charge on any atom is -0.359 e. The molecule has 1 aliphatic heterocycles. The van der Waals surface area contributed by atoms with Crippen LogP contribution in [0.4, 0.5) is 8.63 Å². The van der Waals surface area contributed by atoms with Crippen LogP contribution in [0.5, 0.6) is 0 Å². The van der Waals surface area contributed by atoms with Crippen molar-refractivity contribution in [2.45, 2.75) is 48.5 Å². The molecule has 2 heterocycles. The van der Waals surface area contributed by atoms with E-state index in [9.17, 15) is 8.63 Å². The lowest BCUT2D eigenvalue weighted by atomic mass is 9.87. The van der Waals surface area contributed by atoms with E-state index in [2.05, 4.69) is 4.98 Å². The van der Waals surface area contributed by atoms with Crippen LogP contribution in [-0.2, 0) is 0 Å². The standard InChI is InChI=1S/C15H19BF2N2.C2H6/c1-10-6-11(2)19-14(10)8-13-7-12(15(3,4)5)9-20(13)16(17)18;1-2/h6-9H,1-5H3;1-2H3/p+1. The highest BCUT2D eigenvalue weighted by molar-refractivity contribution is 6.34. The van der Waals surface area contributed by atoms with Gasteiger partial charge in [-0.3, -0.25) is 0 Å². The van der Waals surface area contributed by atoms with Crippen molar-refractivity contribution in [2.75, 3.05) is 0 Å². The van der Waals surface area contributed by atoms with Gasteiger partial charge in [-0.1, -0.05) is 34.6 Å². The first-order chi connectivity index (χ1) is 10.2. The lowest BCUT2D eigenvalue weighted by Gasteiger charge is -2.14. The van der Waals surface area contributed by atoms with Gasteiger partial charge in [0.1, 0.15) is 0 Å². The average molecular weight is 307 g/mol. The quantitative estimate of drug-likeness (QED) is 0.742. The molecule has 0 fully saturated rings. The summed E-state index contributed by atoms with van der Waals surface area (Å²) < 4.78 is 27.4. The molecule has 0 radical (unpaired) electrons. The van der Waals surface area contributed by atoms with E-state index in [0.29, 0.717) is 5.70 Å². The molecule has 1 N–H and O–H groups in total. The van der Waals surface area contributed by atoms with Crippen molar-refractivity contribution in [2.24, 2.45) is 5.41 Å². The average Bonchev–Trinajstić information content (AvgIpc) is 2.96. The van der Waals surface area contributed by atoms with Gasteiger partial charge in [0.2, 0.25) is 0 Å². The fourth-order valence-electron chi connectivity index (χ4n) is 2.24. The third kappa shape index (κ3) is 4.18. The number of halogens is 2. The molecule has 0 atom stereocenters. The van der Waals surface area contributed by atoms with Gasteiger partial charge >= 0.3 is 7.40 Å². The van der Waals surface area contributed by atoms with Gasteiger partial charge in [0.25, 0.3) is 0 Å². The molecule has 0 amide bonds. The van der Waals surface area contributed by atoms with Gasteiger partial charge in [0, 0.05) is 29.1 Å². The summed E-state index contributed by atoms with van der Waals surface area (Å²) >= 11 is 0. The second-order valence-electron chi connectivity index (χ2n) is 6.28. The highest BCUT2D eigenvalue weighted by Crippen LogP contribution is 2.30. The van der Waals surface area contributed by atoms with Gasteiger partial charge in [0.15, 0.2) is 11.9 Å². The van der Waals surface area contributed by atoms with Gasteiger partial charge in [-0.2, -0.15) is 0 Å². The molecule has 1 aromatic rings. The molecule has 120 valence electrons. The van der Waals surface area contributed by atoms with Crippen LogP contribution in [-0.4, -0.2) is 23.1 Å². The van der Waals surface area contributed by atoms with Crippen molar-refractivity contribution < 1.29 is 13.1 Å². The van der Waals surface area contributed by atoms with Crippen molar-refractivity contribution in [3.63, 3.8) is 0 Å². The molecule has 0 spiro atoms. The predicted molar refractivity (Wildman–Crippen MR) is 91.4 cm³/mol. The Kier molecular flexibility index (Phi) is 5.92. The molecule has 22 heavy (non-hydrogen) atoms. The first-order valence-corrected chi connectivity index (χ1v) is 7.70. The summed E-state index contributed by atoms with van der Waals surface area (Å²) in [6.07, 6.45) is 5.16. The molecule has 1 aromatic heterocycles. The molecule has 2 rings (SSSR count). The third-order valence-electron chi connectivity index (χ3n) is 3.44. The van der Waals surface area contributed by atoms with E-state index in [1.54, 1.807) is 12.3 Å². The second-order valence-corrected chi connectivity index (χ2v) is 6.28. The fraction of sp³-hybridized carbons (Fsp3) is 0.471. The Morgan fingerprint density at radius 3 is 2.18 bits per heavy atom. The van der Waals surface area contributed by atoms with Crippen LogP contribution >= 0.6 is 0 Å². The maximum atomic E-state index is 13.2. The smallest absolute Gasteiger partial charge is 0.359 e. The highest BCUT2D eigenvalue weighted by Gasteiger charge is 2.41. The normalized spacial score (nSPS) is 16.1. The van der Waals surface area contributed by atoms with Crippen LogP contribution in [0.1, 0.15) is 51.6 Å². The summed E-state index contributed by atoms with van der Waals surface area (Å²) in [6.45, 7) is 14.0. The maximum absolute atomic E-state index is 13.2. The Morgan fingerprint density at radius 1 is 1.18 bits per heavy atom. The predicted octanol–water partition coefficient (Wildman–Crippen LogP) is 4.99. The number of aromatic amines is 1. The second kappa shape index (κ2) is 7.08. The van der Waals surface area contributed by atoms with Crippen LogP contribution in [0.3, 0.4) is 0 Å². The molecule has 0 unspecified atom stereocenters. The summed E-state index contributed by atoms with van der Waals surface area (Å²) in [7, 11) is -2.53. The molecular formula is C17H26BF2N2+. The molecule has 1 aliphatic rings.